The van der Waals surface area contributed by atoms with Crippen LogP contribution in [0.1, 0.15) is 30.6 Å². The molecule has 4 rings (SSSR count). The summed E-state index contributed by atoms with van der Waals surface area (Å²) in [4.78, 5) is 18.1. The molecule has 0 saturated carbocycles. The van der Waals surface area contributed by atoms with Gasteiger partial charge >= 0.3 is 0 Å². The van der Waals surface area contributed by atoms with Crippen LogP contribution in [-0.2, 0) is 16.6 Å². The molecule has 0 atom stereocenters. The van der Waals surface area contributed by atoms with Crippen molar-refractivity contribution in [2.24, 2.45) is 4.99 Å². The molecule has 1 aromatic heterocycles. The largest absolute Gasteiger partial charge is 0.497 e. The number of para-hydroxylation sites is 1. The highest BCUT2D eigenvalue weighted by Crippen LogP contribution is 2.25. The molecule has 0 bridgehead atoms. The molecule has 0 aliphatic carbocycles. The number of hydrogen-bond donors (Lipinski definition) is 0. The van der Waals surface area contributed by atoms with Crippen molar-refractivity contribution in [1.29, 1.82) is 0 Å². The van der Waals surface area contributed by atoms with Crippen molar-refractivity contribution in [3.05, 3.63) is 83.2 Å². The molecular formula is C26H27N3O4S2. The predicted molar refractivity (Wildman–Crippen MR) is 140 cm³/mol. The fourth-order valence-corrected chi connectivity index (χ4v) is 6.34. The topological polar surface area (TPSA) is 81.0 Å². The molecule has 0 aliphatic heterocycles. The van der Waals surface area contributed by atoms with E-state index < -0.39 is 15.9 Å². The van der Waals surface area contributed by atoms with Gasteiger partial charge in [-0.1, -0.05) is 36.5 Å². The first kappa shape index (κ1) is 24.7. The molecule has 0 aliphatic rings. The van der Waals surface area contributed by atoms with E-state index >= 15 is 0 Å². The molecule has 0 fully saturated rings. The maximum absolute atomic E-state index is 13.2. The van der Waals surface area contributed by atoms with Gasteiger partial charge in [-0.15, -0.1) is 0 Å². The lowest BCUT2D eigenvalue weighted by Crippen LogP contribution is -2.30. The normalized spacial score (nSPS) is 12.1. The third-order valence-electron chi connectivity index (χ3n) is 5.55. The van der Waals surface area contributed by atoms with Crippen LogP contribution < -0.4 is 13.8 Å². The molecule has 0 spiro atoms. The van der Waals surface area contributed by atoms with Crippen LogP contribution in [0.4, 0.5) is 5.69 Å². The van der Waals surface area contributed by atoms with E-state index in [0.717, 1.165) is 22.4 Å². The molecular weight excluding hydrogens is 482 g/mol. The highest BCUT2D eigenvalue weighted by Gasteiger charge is 2.23. The average molecular weight is 510 g/mol. The Hall–Kier alpha value is -3.43. The molecule has 182 valence electrons. The zero-order valence-electron chi connectivity index (χ0n) is 19.8. The number of benzene rings is 3. The summed E-state index contributed by atoms with van der Waals surface area (Å²) in [5.41, 5.74) is 1.88. The van der Waals surface area contributed by atoms with Gasteiger partial charge in [-0.2, -0.15) is 4.99 Å². The monoisotopic (exact) mass is 509 g/mol. The van der Waals surface area contributed by atoms with E-state index in [9.17, 15) is 13.2 Å². The second-order valence-electron chi connectivity index (χ2n) is 7.82. The first-order valence-corrected chi connectivity index (χ1v) is 13.6. The average Bonchev–Trinajstić information content (AvgIpc) is 3.21. The smallest absolute Gasteiger partial charge is 0.279 e. The highest BCUT2D eigenvalue weighted by molar-refractivity contribution is 7.92. The number of amides is 1. The lowest BCUT2D eigenvalue weighted by Gasteiger charge is -2.22. The molecule has 0 radical (unpaired) electrons. The molecule has 3 aromatic carbocycles. The van der Waals surface area contributed by atoms with Gasteiger partial charge in [0.05, 0.1) is 27.9 Å². The van der Waals surface area contributed by atoms with E-state index in [2.05, 4.69) is 11.9 Å². The number of fused-ring (bicyclic) bond motifs is 1. The fraction of sp³-hybridized carbons (Fsp3) is 0.231. The van der Waals surface area contributed by atoms with E-state index in [4.69, 9.17) is 4.74 Å². The van der Waals surface area contributed by atoms with Crippen LogP contribution in [0.15, 0.2) is 82.7 Å². The molecule has 7 nitrogen and oxygen atoms in total. The van der Waals surface area contributed by atoms with Crippen LogP contribution >= 0.6 is 11.3 Å². The predicted octanol–water partition coefficient (Wildman–Crippen LogP) is 5.08. The minimum absolute atomic E-state index is 0.120. The molecule has 1 heterocycles. The van der Waals surface area contributed by atoms with Gasteiger partial charge in [0.2, 0.25) is 0 Å². The zero-order valence-corrected chi connectivity index (χ0v) is 21.5. The number of rotatable bonds is 8. The van der Waals surface area contributed by atoms with E-state index in [1.54, 1.807) is 38.3 Å². The highest BCUT2D eigenvalue weighted by atomic mass is 32.2. The second kappa shape index (κ2) is 10.5. The van der Waals surface area contributed by atoms with Gasteiger partial charge in [-0.3, -0.25) is 9.10 Å². The van der Waals surface area contributed by atoms with Crippen molar-refractivity contribution in [2.45, 2.75) is 31.7 Å². The van der Waals surface area contributed by atoms with Crippen LogP contribution in [0.5, 0.6) is 5.75 Å². The van der Waals surface area contributed by atoms with Gasteiger partial charge in [0, 0.05) is 24.7 Å². The van der Waals surface area contributed by atoms with Gasteiger partial charge in [-0.05, 0) is 61.9 Å². The first-order chi connectivity index (χ1) is 16.9. The Kier molecular flexibility index (Phi) is 7.37. The maximum Gasteiger partial charge on any atom is 0.279 e. The fourth-order valence-electron chi connectivity index (χ4n) is 3.83. The summed E-state index contributed by atoms with van der Waals surface area (Å²) in [6.07, 6.45) is 0.881. The number of carbonyl (C=O) groups excluding carboxylic acids is 1. The molecule has 1 amide bonds. The van der Waals surface area contributed by atoms with E-state index in [0.29, 0.717) is 22.6 Å². The van der Waals surface area contributed by atoms with Crippen LogP contribution in [-0.4, -0.2) is 32.5 Å². The van der Waals surface area contributed by atoms with E-state index in [-0.39, 0.29) is 11.4 Å². The Labute approximate surface area is 209 Å². The van der Waals surface area contributed by atoms with Gasteiger partial charge in [-0.25, -0.2) is 8.42 Å². The number of sulfonamides is 1. The minimum atomic E-state index is -3.77. The number of aromatic nitrogens is 1. The van der Waals surface area contributed by atoms with Crippen LogP contribution in [0, 0.1) is 0 Å². The molecule has 4 aromatic rings. The molecule has 35 heavy (non-hydrogen) atoms. The van der Waals surface area contributed by atoms with Crippen LogP contribution in [0.2, 0.25) is 0 Å². The van der Waals surface area contributed by atoms with Crippen molar-refractivity contribution < 1.29 is 17.9 Å². The Bertz CT molecular complexity index is 1510. The summed E-state index contributed by atoms with van der Waals surface area (Å²) in [5, 5.41) is 0. The summed E-state index contributed by atoms with van der Waals surface area (Å²) in [6, 6.07) is 20.7. The summed E-state index contributed by atoms with van der Waals surface area (Å²) in [5.74, 6) is 0.319. The number of aryl methyl sites for hydroxylation is 1. The molecule has 9 heteroatoms. The Morgan fingerprint density at radius 3 is 2.37 bits per heavy atom. The Balaban J connectivity index is 1.67. The van der Waals surface area contributed by atoms with Crippen LogP contribution in [0.3, 0.4) is 0 Å². The summed E-state index contributed by atoms with van der Waals surface area (Å²) in [6.45, 7) is 4.85. The summed E-state index contributed by atoms with van der Waals surface area (Å²) >= 11 is 1.44. The van der Waals surface area contributed by atoms with E-state index in [1.807, 2.05) is 28.8 Å². The number of anilines is 1. The zero-order chi connectivity index (χ0) is 25.0. The number of ether oxygens (including phenoxy) is 1. The quantitative estimate of drug-likeness (QED) is 0.332. The Morgan fingerprint density at radius 1 is 1.03 bits per heavy atom. The molecule has 0 saturated heterocycles. The van der Waals surface area contributed by atoms with Gasteiger partial charge in [0.1, 0.15) is 5.75 Å². The maximum atomic E-state index is 13.2. The third kappa shape index (κ3) is 5.01. The third-order valence-corrected chi connectivity index (χ3v) is 8.53. The number of methoxy groups -OCH3 is 1. The number of nitrogens with zero attached hydrogens (tertiary/aromatic N) is 3. The number of thiazole rings is 1. The van der Waals surface area contributed by atoms with Crippen molar-refractivity contribution in [1.82, 2.24) is 4.57 Å². The van der Waals surface area contributed by atoms with Crippen LogP contribution in [0.25, 0.3) is 10.2 Å². The van der Waals surface area contributed by atoms with E-state index in [1.165, 1.54) is 39.9 Å². The van der Waals surface area contributed by atoms with Crippen molar-refractivity contribution in [3.8, 4) is 5.75 Å². The van der Waals surface area contributed by atoms with Gasteiger partial charge in [0.15, 0.2) is 4.80 Å². The van der Waals surface area contributed by atoms with Gasteiger partial charge < -0.3 is 9.30 Å². The lowest BCUT2D eigenvalue weighted by molar-refractivity contribution is 0.0997. The number of carbonyl (C=O) groups is 1. The van der Waals surface area contributed by atoms with Crippen molar-refractivity contribution in [2.75, 3.05) is 18.0 Å². The second-order valence-corrected chi connectivity index (χ2v) is 10.7. The van der Waals surface area contributed by atoms with Crippen molar-refractivity contribution >= 4 is 43.2 Å². The SMILES string of the molecule is CCCn1c(=NC(=O)c2ccc(S(=O)(=O)N(CC)c3ccccc3)cc2)sc2ccc(OC)cc21. The minimum Gasteiger partial charge on any atom is -0.497 e. The Morgan fingerprint density at radius 2 is 1.74 bits per heavy atom. The first-order valence-electron chi connectivity index (χ1n) is 11.3. The van der Waals surface area contributed by atoms with Crippen molar-refractivity contribution in [3.63, 3.8) is 0 Å². The summed E-state index contributed by atoms with van der Waals surface area (Å²) in [7, 11) is -2.15. The summed E-state index contributed by atoms with van der Waals surface area (Å²) < 4.78 is 36.1. The molecule has 0 N–H and O–H groups in total. The molecule has 0 unspecified atom stereocenters. The van der Waals surface area contributed by atoms with Gasteiger partial charge in [0.25, 0.3) is 15.9 Å². The lowest BCUT2D eigenvalue weighted by atomic mass is 10.2. The standard InChI is InChI=1S/C26H27N3O4S2/c1-4-17-28-23-18-21(33-3)13-16-24(23)34-26(28)27-25(30)19-11-14-22(15-12-19)35(31,32)29(5-2)20-9-7-6-8-10-20/h6-16,18H,4-5,17H2,1-3H3. The number of hydrogen-bond acceptors (Lipinski definition) is 5.